The lowest BCUT2D eigenvalue weighted by atomic mass is 9.95. The molecule has 0 aromatic heterocycles. The second kappa shape index (κ2) is 4.10. The molecule has 1 heterocycles. The van der Waals surface area contributed by atoms with Gasteiger partial charge in [-0.25, -0.2) is 0 Å². The number of hydrogen-bond donors (Lipinski definition) is 0. The summed E-state index contributed by atoms with van der Waals surface area (Å²) in [7, 11) is 2.25. The van der Waals surface area contributed by atoms with Gasteiger partial charge in [0.05, 0.1) is 0 Å². The minimum Gasteiger partial charge on any atom is -0.304 e. The summed E-state index contributed by atoms with van der Waals surface area (Å²) in [5.74, 6) is 0.964. The lowest BCUT2D eigenvalue weighted by Crippen LogP contribution is -2.32. The van der Waals surface area contributed by atoms with Crippen LogP contribution in [0, 0.1) is 5.92 Å². The number of hydrogen-bond acceptors (Lipinski definition) is 1. The Kier molecular flexibility index (Phi) is 3.38. The molecule has 0 bridgehead atoms. The first-order valence-electron chi connectivity index (χ1n) is 4.90. The molecule has 0 amide bonds. The van der Waals surface area contributed by atoms with E-state index in [4.69, 9.17) is 0 Å². The van der Waals surface area contributed by atoms with Gasteiger partial charge >= 0.3 is 0 Å². The van der Waals surface area contributed by atoms with Crippen molar-refractivity contribution in [2.75, 3.05) is 13.6 Å². The zero-order chi connectivity index (χ0) is 8.27. The Bertz CT molecular complexity index is 111. The monoisotopic (exact) mass is 155 g/mol. The maximum atomic E-state index is 2.49. The smallest absolute Gasteiger partial charge is 0.00639 e. The Morgan fingerprint density at radius 1 is 1.09 bits per heavy atom. The fourth-order valence-corrected chi connectivity index (χ4v) is 1.80. The van der Waals surface area contributed by atoms with Crippen molar-refractivity contribution in [3.63, 3.8) is 0 Å². The van der Waals surface area contributed by atoms with Crippen LogP contribution in [0.3, 0.4) is 0 Å². The predicted molar refractivity (Wildman–Crippen MR) is 49.7 cm³/mol. The van der Waals surface area contributed by atoms with E-state index < -0.39 is 0 Å². The summed E-state index contributed by atoms with van der Waals surface area (Å²) in [6.07, 6.45) is 5.63. The molecule has 1 aliphatic heterocycles. The third kappa shape index (κ3) is 2.82. The average Bonchev–Trinajstić information content (AvgIpc) is 1.98. The van der Waals surface area contributed by atoms with Crippen LogP contribution in [0.4, 0.5) is 0 Å². The van der Waals surface area contributed by atoms with E-state index in [-0.39, 0.29) is 0 Å². The summed E-state index contributed by atoms with van der Waals surface area (Å²) in [5, 5.41) is 0. The number of nitrogens with zero attached hydrogens (tertiary/aromatic N) is 1. The highest BCUT2D eigenvalue weighted by Crippen LogP contribution is 2.19. The maximum absolute atomic E-state index is 2.49. The molecule has 1 heteroatoms. The van der Waals surface area contributed by atoms with Crippen molar-refractivity contribution in [1.82, 2.24) is 4.90 Å². The first kappa shape index (κ1) is 9.05. The Balaban J connectivity index is 2.34. The van der Waals surface area contributed by atoms with Crippen molar-refractivity contribution >= 4 is 0 Å². The van der Waals surface area contributed by atoms with E-state index in [9.17, 15) is 0 Å². The molecule has 2 atom stereocenters. The zero-order valence-corrected chi connectivity index (χ0v) is 8.14. The van der Waals surface area contributed by atoms with Crippen molar-refractivity contribution in [2.45, 2.75) is 45.6 Å². The molecule has 1 fully saturated rings. The summed E-state index contributed by atoms with van der Waals surface area (Å²) < 4.78 is 0. The lowest BCUT2D eigenvalue weighted by Gasteiger charge is -2.29. The third-order valence-corrected chi connectivity index (χ3v) is 3.04. The van der Waals surface area contributed by atoms with Crippen molar-refractivity contribution in [1.29, 1.82) is 0 Å². The third-order valence-electron chi connectivity index (χ3n) is 3.04. The summed E-state index contributed by atoms with van der Waals surface area (Å²) in [4.78, 5) is 2.49. The van der Waals surface area contributed by atoms with Gasteiger partial charge in [0.1, 0.15) is 0 Å². The van der Waals surface area contributed by atoms with E-state index in [0.717, 1.165) is 12.0 Å². The van der Waals surface area contributed by atoms with E-state index in [0.29, 0.717) is 0 Å². The quantitative estimate of drug-likeness (QED) is 0.519. The Morgan fingerprint density at radius 3 is 2.55 bits per heavy atom. The van der Waals surface area contributed by atoms with E-state index in [2.05, 4.69) is 25.8 Å². The SMILES string of the molecule is CC1CCCN(C)C(C)CC1. The van der Waals surface area contributed by atoms with Gasteiger partial charge in [0.15, 0.2) is 0 Å². The minimum atomic E-state index is 0.803. The van der Waals surface area contributed by atoms with E-state index >= 15 is 0 Å². The van der Waals surface area contributed by atoms with Crippen LogP contribution in [0.25, 0.3) is 0 Å². The topological polar surface area (TPSA) is 3.24 Å². The highest BCUT2D eigenvalue weighted by atomic mass is 15.1. The van der Waals surface area contributed by atoms with Gasteiger partial charge in [0.2, 0.25) is 0 Å². The van der Waals surface area contributed by atoms with Gasteiger partial charge < -0.3 is 4.90 Å². The van der Waals surface area contributed by atoms with Crippen LogP contribution in [0.1, 0.15) is 39.5 Å². The molecular weight excluding hydrogens is 134 g/mol. The van der Waals surface area contributed by atoms with Crippen molar-refractivity contribution in [3.05, 3.63) is 0 Å². The van der Waals surface area contributed by atoms with Gasteiger partial charge in [-0.3, -0.25) is 0 Å². The Morgan fingerprint density at radius 2 is 1.82 bits per heavy atom. The Labute approximate surface area is 70.8 Å². The van der Waals surface area contributed by atoms with Crippen LogP contribution in [-0.4, -0.2) is 24.5 Å². The van der Waals surface area contributed by atoms with Crippen LogP contribution >= 0.6 is 0 Å². The summed E-state index contributed by atoms with van der Waals surface area (Å²) >= 11 is 0. The maximum Gasteiger partial charge on any atom is 0.00639 e. The molecule has 1 nitrogen and oxygen atoms in total. The summed E-state index contributed by atoms with van der Waals surface area (Å²) in [6, 6.07) is 0.803. The second-order valence-corrected chi connectivity index (χ2v) is 4.15. The Hall–Kier alpha value is -0.0400. The average molecular weight is 155 g/mol. The predicted octanol–water partition coefficient (Wildman–Crippen LogP) is 2.52. The zero-order valence-electron chi connectivity index (χ0n) is 8.14. The molecule has 0 radical (unpaired) electrons. The molecular formula is C10H21N. The van der Waals surface area contributed by atoms with Gasteiger partial charge in [-0.15, -0.1) is 0 Å². The fourth-order valence-electron chi connectivity index (χ4n) is 1.80. The van der Waals surface area contributed by atoms with E-state index in [1.54, 1.807) is 0 Å². The molecule has 1 saturated heterocycles. The van der Waals surface area contributed by atoms with Crippen LogP contribution < -0.4 is 0 Å². The highest BCUT2D eigenvalue weighted by molar-refractivity contribution is 4.69. The molecule has 1 aliphatic rings. The summed E-state index contributed by atoms with van der Waals surface area (Å²) in [6.45, 7) is 6.03. The van der Waals surface area contributed by atoms with Crippen molar-refractivity contribution < 1.29 is 0 Å². The molecule has 2 unspecified atom stereocenters. The van der Waals surface area contributed by atoms with Crippen molar-refractivity contribution in [3.8, 4) is 0 Å². The van der Waals surface area contributed by atoms with Gasteiger partial charge in [0, 0.05) is 6.04 Å². The first-order valence-corrected chi connectivity index (χ1v) is 4.90. The van der Waals surface area contributed by atoms with E-state index in [1.807, 2.05) is 0 Å². The number of likely N-dealkylation sites (tertiary alicyclic amines) is 1. The normalized spacial score (nSPS) is 36.3. The van der Waals surface area contributed by atoms with Crippen LogP contribution in [0.2, 0.25) is 0 Å². The van der Waals surface area contributed by atoms with Gasteiger partial charge in [-0.05, 0) is 52.1 Å². The number of rotatable bonds is 0. The molecule has 0 saturated carbocycles. The molecule has 1 rings (SSSR count). The molecule has 0 spiro atoms. The minimum absolute atomic E-state index is 0.803. The molecule has 0 aliphatic carbocycles. The van der Waals surface area contributed by atoms with Gasteiger partial charge in [-0.1, -0.05) is 6.92 Å². The van der Waals surface area contributed by atoms with E-state index in [1.165, 1.54) is 32.2 Å². The van der Waals surface area contributed by atoms with Gasteiger partial charge in [0.25, 0.3) is 0 Å². The molecule has 0 aromatic carbocycles. The second-order valence-electron chi connectivity index (χ2n) is 4.15. The fraction of sp³-hybridized carbons (Fsp3) is 1.00. The molecule has 66 valence electrons. The van der Waals surface area contributed by atoms with Gasteiger partial charge in [-0.2, -0.15) is 0 Å². The van der Waals surface area contributed by atoms with Crippen LogP contribution in [-0.2, 0) is 0 Å². The van der Waals surface area contributed by atoms with Crippen LogP contribution in [0.5, 0.6) is 0 Å². The molecule has 0 aromatic rings. The van der Waals surface area contributed by atoms with Crippen molar-refractivity contribution in [2.24, 2.45) is 5.92 Å². The molecule has 11 heavy (non-hydrogen) atoms. The standard InChI is InChI=1S/C10H21N/c1-9-5-4-8-11(3)10(2)7-6-9/h9-10H,4-8H2,1-3H3. The van der Waals surface area contributed by atoms with Crippen LogP contribution in [0.15, 0.2) is 0 Å². The molecule has 0 N–H and O–H groups in total. The largest absolute Gasteiger partial charge is 0.304 e. The summed E-state index contributed by atoms with van der Waals surface area (Å²) in [5.41, 5.74) is 0. The lowest BCUT2D eigenvalue weighted by molar-refractivity contribution is 0.204. The first-order chi connectivity index (χ1) is 5.20. The highest BCUT2D eigenvalue weighted by Gasteiger charge is 2.14.